The largest absolute Gasteiger partial charge is 0.490 e. The molecular formula is C22H20BrCl2NO3S2. The number of rotatable bonds is 8. The van der Waals surface area contributed by atoms with Gasteiger partial charge < -0.3 is 9.47 Å². The Morgan fingerprint density at radius 1 is 1.16 bits per heavy atom. The van der Waals surface area contributed by atoms with E-state index in [1.807, 2.05) is 38.1 Å². The number of benzene rings is 2. The molecule has 31 heavy (non-hydrogen) atoms. The molecule has 1 fully saturated rings. The van der Waals surface area contributed by atoms with Crippen LogP contribution in [0.15, 0.2) is 39.7 Å². The molecular weight excluding hydrogens is 541 g/mol. The van der Waals surface area contributed by atoms with Crippen molar-refractivity contribution in [2.75, 3.05) is 13.2 Å². The molecule has 1 amide bonds. The third-order valence-corrected chi connectivity index (χ3v) is 7.02. The Bertz CT molecular complexity index is 1050. The molecule has 1 aliphatic heterocycles. The molecule has 0 bridgehead atoms. The highest BCUT2D eigenvalue weighted by Gasteiger charge is 2.31. The summed E-state index contributed by atoms with van der Waals surface area (Å²) in [4.78, 5) is 14.9. The van der Waals surface area contributed by atoms with E-state index in [0.29, 0.717) is 55.0 Å². The Morgan fingerprint density at radius 3 is 2.61 bits per heavy atom. The van der Waals surface area contributed by atoms with Crippen LogP contribution in [-0.2, 0) is 11.4 Å². The number of halogens is 3. The van der Waals surface area contributed by atoms with Gasteiger partial charge in [-0.05, 0) is 70.7 Å². The molecule has 0 atom stereocenters. The summed E-state index contributed by atoms with van der Waals surface area (Å²) < 4.78 is 13.1. The number of ether oxygens (including phenoxy) is 2. The van der Waals surface area contributed by atoms with Gasteiger partial charge in [0.05, 0.1) is 26.0 Å². The molecule has 2 aromatic carbocycles. The highest BCUT2D eigenvalue weighted by Crippen LogP contribution is 2.40. The summed E-state index contributed by atoms with van der Waals surface area (Å²) >= 11 is 22.3. The minimum atomic E-state index is -0.0640. The van der Waals surface area contributed by atoms with Crippen molar-refractivity contribution in [1.82, 2.24) is 4.90 Å². The summed E-state index contributed by atoms with van der Waals surface area (Å²) in [6.07, 6.45) is 2.68. The fourth-order valence-electron chi connectivity index (χ4n) is 2.93. The van der Waals surface area contributed by atoms with Crippen LogP contribution in [0, 0.1) is 0 Å². The minimum Gasteiger partial charge on any atom is -0.490 e. The molecule has 0 unspecified atom stereocenters. The van der Waals surface area contributed by atoms with Crippen molar-refractivity contribution in [3.05, 3.63) is 60.9 Å². The molecule has 9 heteroatoms. The zero-order valence-corrected chi connectivity index (χ0v) is 21.6. The molecule has 2 aromatic rings. The molecule has 0 aliphatic carbocycles. The Labute approximate surface area is 210 Å². The normalized spacial score (nSPS) is 15.1. The molecule has 0 aromatic heterocycles. The first-order chi connectivity index (χ1) is 14.8. The quantitative estimate of drug-likeness (QED) is 0.249. The van der Waals surface area contributed by atoms with Crippen molar-refractivity contribution in [1.29, 1.82) is 0 Å². The molecule has 0 radical (unpaired) electrons. The number of thiocarbonyl (C=S) groups is 1. The van der Waals surface area contributed by atoms with Gasteiger partial charge in [0.25, 0.3) is 5.91 Å². The van der Waals surface area contributed by atoms with E-state index in [1.54, 1.807) is 17.0 Å². The topological polar surface area (TPSA) is 38.8 Å². The molecule has 3 rings (SSSR count). The lowest BCUT2D eigenvalue weighted by Gasteiger charge is -2.15. The second kappa shape index (κ2) is 11.1. The molecule has 0 spiro atoms. The van der Waals surface area contributed by atoms with Gasteiger partial charge in [0.2, 0.25) is 0 Å². The zero-order valence-electron chi connectivity index (χ0n) is 16.9. The number of hydrogen-bond donors (Lipinski definition) is 0. The van der Waals surface area contributed by atoms with Gasteiger partial charge in [0.1, 0.15) is 10.9 Å². The van der Waals surface area contributed by atoms with Gasteiger partial charge >= 0.3 is 0 Å². The van der Waals surface area contributed by atoms with Crippen molar-refractivity contribution in [2.24, 2.45) is 0 Å². The van der Waals surface area contributed by atoms with E-state index in [2.05, 4.69) is 15.9 Å². The lowest BCUT2D eigenvalue weighted by molar-refractivity contribution is -0.122. The predicted octanol–water partition coefficient (Wildman–Crippen LogP) is 7.34. The van der Waals surface area contributed by atoms with E-state index < -0.39 is 0 Å². The summed E-state index contributed by atoms with van der Waals surface area (Å²) in [6.45, 7) is 5.31. The monoisotopic (exact) mass is 559 g/mol. The van der Waals surface area contributed by atoms with Crippen LogP contribution in [0.3, 0.4) is 0 Å². The zero-order chi connectivity index (χ0) is 22.5. The number of carbonyl (C=O) groups excluding carboxylic acids is 1. The van der Waals surface area contributed by atoms with Gasteiger partial charge in [-0.3, -0.25) is 9.69 Å². The van der Waals surface area contributed by atoms with Gasteiger partial charge in [-0.15, -0.1) is 0 Å². The standard InChI is InChI=1S/C22H20BrCl2NO3S2/c1-3-7-26-21(27)19(31-22(26)30)11-14-8-15(23)20(18(10-14)28-4-2)29-12-13-5-6-16(24)17(25)9-13/h5-6,8-11H,3-4,7,12H2,1-2H3/b19-11-. The van der Waals surface area contributed by atoms with Crippen LogP contribution in [0.2, 0.25) is 10.0 Å². The van der Waals surface area contributed by atoms with Crippen LogP contribution in [0.25, 0.3) is 6.08 Å². The summed E-state index contributed by atoms with van der Waals surface area (Å²) in [6, 6.07) is 9.10. The van der Waals surface area contributed by atoms with E-state index in [9.17, 15) is 4.79 Å². The number of carbonyl (C=O) groups is 1. The van der Waals surface area contributed by atoms with Crippen molar-refractivity contribution in [3.8, 4) is 11.5 Å². The van der Waals surface area contributed by atoms with Crippen LogP contribution in [0.5, 0.6) is 11.5 Å². The Balaban J connectivity index is 1.85. The maximum Gasteiger partial charge on any atom is 0.266 e. The number of amides is 1. The van der Waals surface area contributed by atoms with Crippen LogP contribution in [0.1, 0.15) is 31.4 Å². The van der Waals surface area contributed by atoms with Crippen molar-refractivity contribution < 1.29 is 14.3 Å². The van der Waals surface area contributed by atoms with Gasteiger partial charge in [-0.2, -0.15) is 0 Å². The lowest BCUT2D eigenvalue weighted by Crippen LogP contribution is -2.28. The second-order valence-corrected chi connectivity index (χ2v) is 9.98. The van der Waals surface area contributed by atoms with Crippen LogP contribution in [0.4, 0.5) is 0 Å². The van der Waals surface area contributed by atoms with Gasteiger partial charge in [0, 0.05) is 6.54 Å². The van der Waals surface area contributed by atoms with E-state index in [1.165, 1.54) is 11.8 Å². The summed E-state index contributed by atoms with van der Waals surface area (Å²) in [7, 11) is 0. The first-order valence-electron chi connectivity index (χ1n) is 9.62. The fourth-order valence-corrected chi connectivity index (χ4v) is 5.13. The van der Waals surface area contributed by atoms with Crippen molar-refractivity contribution in [2.45, 2.75) is 26.9 Å². The number of hydrogen-bond acceptors (Lipinski definition) is 5. The van der Waals surface area contributed by atoms with Crippen LogP contribution < -0.4 is 9.47 Å². The molecule has 1 saturated heterocycles. The molecule has 1 heterocycles. The van der Waals surface area contributed by atoms with Crippen LogP contribution >= 0.6 is 63.1 Å². The van der Waals surface area contributed by atoms with E-state index in [4.69, 9.17) is 44.9 Å². The molecule has 1 aliphatic rings. The third-order valence-electron chi connectivity index (χ3n) is 4.32. The summed E-state index contributed by atoms with van der Waals surface area (Å²) in [5.41, 5.74) is 1.70. The maximum absolute atomic E-state index is 12.6. The number of thioether (sulfide) groups is 1. The smallest absolute Gasteiger partial charge is 0.266 e. The SMILES string of the molecule is CCCN1C(=O)/C(=C/c2cc(Br)c(OCc3ccc(Cl)c(Cl)c3)c(OCC)c2)SC1=S. The second-order valence-electron chi connectivity index (χ2n) is 6.63. The number of nitrogens with zero attached hydrogens (tertiary/aromatic N) is 1. The van der Waals surface area contributed by atoms with Crippen molar-refractivity contribution in [3.63, 3.8) is 0 Å². The Hall–Kier alpha value is -1.25. The molecule has 164 valence electrons. The maximum atomic E-state index is 12.6. The highest BCUT2D eigenvalue weighted by molar-refractivity contribution is 9.10. The van der Waals surface area contributed by atoms with Crippen LogP contribution in [-0.4, -0.2) is 28.3 Å². The Morgan fingerprint density at radius 2 is 1.94 bits per heavy atom. The average Bonchev–Trinajstić information content (AvgIpc) is 2.98. The van der Waals surface area contributed by atoms with E-state index in [-0.39, 0.29) is 5.91 Å². The third kappa shape index (κ3) is 5.96. The fraction of sp³-hybridized carbons (Fsp3) is 0.273. The molecule has 4 nitrogen and oxygen atoms in total. The minimum absolute atomic E-state index is 0.0640. The van der Waals surface area contributed by atoms with Crippen molar-refractivity contribution >= 4 is 79.4 Å². The first kappa shape index (κ1) is 24.4. The van der Waals surface area contributed by atoms with E-state index >= 15 is 0 Å². The van der Waals surface area contributed by atoms with Gasteiger partial charge in [-0.1, -0.05) is 60.2 Å². The first-order valence-corrected chi connectivity index (χ1v) is 12.4. The average molecular weight is 561 g/mol. The summed E-state index contributed by atoms with van der Waals surface area (Å²) in [5.74, 6) is 1.08. The predicted molar refractivity (Wildman–Crippen MR) is 136 cm³/mol. The highest BCUT2D eigenvalue weighted by atomic mass is 79.9. The van der Waals surface area contributed by atoms with Gasteiger partial charge in [-0.25, -0.2) is 0 Å². The van der Waals surface area contributed by atoms with Gasteiger partial charge in [0.15, 0.2) is 11.5 Å². The molecule has 0 N–H and O–H groups in total. The lowest BCUT2D eigenvalue weighted by atomic mass is 10.1. The Kier molecular flexibility index (Phi) is 8.70. The summed E-state index contributed by atoms with van der Waals surface area (Å²) in [5, 5.41) is 0.970. The molecule has 0 saturated carbocycles. The van der Waals surface area contributed by atoms with E-state index in [0.717, 1.165) is 17.5 Å².